The minimum absolute atomic E-state index is 0.892. The first-order chi connectivity index (χ1) is 7.08. The molecule has 0 atom stereocenters. The first-order valence-electron chi connectivity index (χ1n) is 4.74. The molecule has 0 aliphatic rings. The van der Waals surface area contributed by atoms with E-state index in [0.29, 0.717) is 0 Å². The number of allylic oxidation sites excluding steroid dienone is 1. The highest BCUT2D eigenvalue weighted by Crippen LogP contribution is 2.09. The van der Waals surface area contributed by atoms with Gasteiger partial charge in [-0.2, -0.15) is 0 Å². The Kier molecular flexibility index (Phi) is 3.86. The second-order valence-electron chi connectivity index (χ2n) is 3.56. The topological polar surface area (TPSA) is 37.3 Å². The number of hydrogen-bond acceptors (Lipinski definition) is 1. The average Bonchev–Trinajstić information content (AvgIpc) is 2.16. The summed E-state index contributed by atoms with van der Waals surface area (Å²) in [4.78, 5) is 10.3. The van der Waals surface area contributed by atoms with Gasteiger partial charge in [0, 0.05) is 6.08 Å². The zero-order valence-electron chi connectivity index (χ0n) is 8.90. The molecule has 1 N–H and O–H groups in total. The fourth-order valence-electron chi connectivity index (χ4n) is 1.20. The first kappa shape index (κ1) is 11.2. The summed E-state index contributed by atoms with van der Waals surface area (Å²) in [5.41, 5.74) is 3.26. The van der Waals surface area contributed by atoms with Crippen molar-refractivity contribution in [2.45, 2.75) is 13.8 Å². The summed E-state index contributed by atoms with van der Waals surface area (Å²) < 4.78 is 0. The molecule has 1 aromatic rings. The third kappa shape index (κ3) is 4.27. The van der Waals surface area contributed by atoms with E-state index in [9.17, 15) is 4.79 Å². The van der Waals surface area contributed by atoms with Gasteiger partial charge >= 0.3 is 5.97 Å². The molecule has 15 heavy (non-hydrogen) atoms. The van der Waals surface area contributed by atoms with E-state index in [1.165, 1.54) is 5.57 Å². The van der Waals surface area contributed by atoms with Crippen molar-refractivity contribution in [3.05, 3.63) is 47.0 Å². The van der Waals surface area contributed by atoms with Crippen LogP contribution >= 0.6 is 0 Å². The van der Waals surface area contributed by atoms with Gasteiger partial charge in [-0.3, -0.25) is 0 Å². The largest absolute Gasteiger partial charge is 0.478 e. The number of hydrogen-bond donors (Lipinski definition) is 1. The van der Waals surface area contributed by atoms with Gasteiger partial charge in [0.15, 0.2) is 0 Å². The highest BCUT2D eigenvalue weighted by atomic mass is 16.4. The molecule has 0 aliphatic heterocycles. The van der Waals surface area contributed by atoms with Crippen LogP contribution in [0.1, 0.15) is 25.0 Å². The summed E-state index contributed by atoms with van der Waals surface area (Å²) in [6.07, 6.45) is 4.79. The lowest BCUT2D eigenvalue weighted by Gasteiger charge is -1.96. The van der Waals surface area contributed by atoms with Gasteiger partial charge in [0.1, 0.15) is 0 Å². The minimum Gasteiger partial charge on any atom is -0.478 e. The monoisotopic (exact) mass is 202 g/mol. The van der Waals surface area contributed by atoms with Crippen molar-refractivity contribution >= 4 is 18.1 Å². The van der Waals surface area contributed by atoms with Crippen molar-refractivity contribution < 1.29 is 9.90 Å². The van der Waals surface area contributed by atoms with Crippen LogP contribution in [0.4, 0.5) is 0 Å². The van der Waals surface area contributed by atoms with Crippen molar-refractivity contribution in [3.63, 3.8) is 0 Å². The smallest absolute Gasteiger partial charge is 0.328 e. The van der Waals surface area contributed by atoms with E-state index < -0.39 is 5.97 Å². The third-order valence-corrected chi connectivity index (χ3v) is 1.81. The Morgan fingerprint density at radius 1 is 1.13 bits per heavy atom. The molecular weight excluding hydrogens is 188 g/mol. The molecule has 0 saturated carbocycles. The van der Waals surface area contributed by atoms with E-state index in [1.807, 2.05) is 38.1 Å². The van der Waals surface area contributed by atoms with Crippen LogP contribution in [0.25, 0.3) is 12.2 Å². The predicted octanol–water partition coefficient (Wildman–Crippen LogP) is 3.21. The predicted molar refractivity (Wildman–Crippen MR) is 62.4 cm³/mol. The Balaban J connectivity index is 2.81. The summed E-state index contributed by atoms with van der Waals surface area (Å²) >= 11 is 0. The maximum Gasteiger partial charge on any atom is 0.328 e. The van der Waals surface area contributed by atoms with Crippen molar-refractivity contribution in [2.24, 2.45) is 0 Å². The molecule has 0 aliphatic carbocycles. The molecule has 0 bridgehead atoms. The van der Waals surface area contributed by atoms with E-state index >= 15 is 0 Å². The molecule has 2 nitrogen and oxygen atoms in total. The number of benzene rings is 1. The number of carboxylic acid groups (broad SMARTS) is 1. The summed E-state index contributed by atoms with van der Waals surface area (Å²) in [7, 11) is 0. The molecule has 0 saturated heterocycles. The van der Waals surface area contributed by atoms with Gasteiger partial charge in [0.25, 0.3) is 0 Å². The number of carbonyl (C=O) groups is 1. The zero-order chi connectivity index (χ0) is 11.3. The lowest BCUT2D eigenvalue weighted by Crippen LogP contribution is -1.85. The quantitative estimate of drug-likeness (QED) is 0.764. The maximum absolute atomic E-state index is 10.3. The molecule has 0 radical (unpaired) electrons. The van der Waals surface area contributed by atoms with Gasteiger partial charge in [0.2, 0.25) is 0 Å². The molecule has 1 rings (SSSR count). The summed E-state index contributed by atoms with van der Waals surface area (Å²) in [5.74, 6) is -0.927. The lowest BCUT2D eigenvalue weighted by atomic mass is 10.1. The van der Waals surface area contributed by atoms with Crippen LogP contribution in [0, 0.1) is 0 Å². The fourth-order valence-corrected chi connectivity index (χ4v) is 1.20. The maximum atomic E-state index is 10.3. The average molecular weight is 202 g/mol. The van der Waals surface area contributed by atoms with Gasteiger partial charge in [-0.1, -0.05) is 35.9 Å². The number of aliphatic carboxylic acids is 1. The molecule has 0 aromatic heterocycles. The van der Waals surface area contributed by atoms with Crippen LogP contribution < -0.4 is 0 Å². The highest BCUT2D eigenvalue weighted by Gasteiger charge is 1.90. The Hall–Kier alpha value is -1.83. The van der Waals surface area contributed by atoms with Gasteiger partial charge in [0.05, 0.1) is 0 Å². The molecular formula is C13H14O2. The van der Waals surface area contributed by atoms with Crippen LogP contribution in [0.15, 0.2) is 35.9 Å². The normalized spacial score (nSPS) is 10.3. The van der Waals surface area contributed by atoms with Crippen LogP contribution in [0.2, 0.25) is 0 Å². The van der Waals surface area contributed by atoms with Crippen molar-refractivity contribution in [2.75, 3.05) is 0 Å². The second-order valence-corrected chi connectivity index (χ2v) is 3.56. The van der Waals surface area contributed by atoms with Crippen molar-refractivity contribution in [3.8, 4) is 0 Å². The Morgan fingerprint density at radius 3 is 2.13 bits per heavy atom. The third-order valence-electron chi connectivity index (χ3n) is 1.81. The second kappa shape index (κ2) is 5.15. The molecule has 0 spiro atoms. The fraction of sp³-hybridized carbons (Fsp3) is 0.154. The minimum atomic E-state index is -0.927. The van der Waals surface area contributed by atoms with E-state index in [2.05, 4.69) is 6.08 Å². The van der Waals surface area contributed by atoms with Gasteiger partial charge in [-0.05, 0) is 31.1 Å². The lowest BCUT2D eigenvalue weighted by molar-refractivity contribution is -0.131. The SMILES string of the molecule is CC(C)=Cc1ccc(C=CC(=O)O)cc1. The summed E-state index contributed by atoms with van der Waals surface area (Å²) in [6, 6.07) is 7.73. The standard InChI is InChI=1S/C13H14O2/c1-10(2)9-12-5-3-11(4-6-12)7-8-13(14)15/h3-9H,1-2H3,(H,14,15). The molecule has 0 fully saturated rings. The van der Waals surface area contributed by atoms with Crippen molar-refractivity contribution in [1.82, 2.24) is 0 Å². The number of carboxylic acids is 1. The van der Waals surface area contributed by atoms with Crippen molar-refractivity contribution in [1.29, 1.82) is 0 Å². The Bertz CT molecular complexity index is 393. The highest BCUT2D eigenvalue weighted by molar-refractivity contribution is 5.85. The summed E-state index contributed by atoms with van der Waals surface area (Å²) in [6.45, 7) is 4.08. The number of rotatable bonds is 3. The Labute approximate surface area is 89.6 Å². The molecule has 0 heterocycles. The molecule has 1 aromatic carbocycles. The van der Waals surface area contributed by atoms with Crippen LogP contribution in [-0.2, 0) is 4.79 Å². The molecule has 0 amide bonds. The first-order valence-corrected chi connectivity index (χ1v) is 4.74. The van der Waals surface area contributed by atoms with E-state index in [1.54, 1.807) is 6.08 Å². The van der Waals surface area contributed by atoms with Crippen LogP contribution in [0.3, 0.4) is 0 Å². The van der Waals surface area contributed by atoms with Gasteiger partial charge < -0.3 is 5.11 Å². The zero-order valence-corrected chi connectivity index (χ0v) is 8.90. The van der Waals surface area contributed by atoms with Crippen LogP contribution in [0.5, 0.6) is 0 Å². The van der Waals surface area contributed by atoms with Crippen LogP contribution in [-0.4, -0.2) is 11.1 Å². The van der Waals surface area contributed by atoms with Gasteiger partial charge in [-0.25, -0.2) is 4.79 Å². The molecule has 0 unspecified atom stereocenters. The Morgan fingerprint density at radius 2 is 1.67 bits per heavy atom. The summed E-state index contributed by atoms with van der Waals surface area (Å²) in [5, 5.41) is 8.45. The van der Waals surface area contributed by atoms with E-state index in [-0.39, 0.29) is 0 Å². The van der Waals surface area contributed by atoms with Gasteiger partial charge in [-0.15, -0.1) is 0 Å². The molecule has 2 heteroatoms. The molecule has 78 valence electrons. The van der Waals surface area contributed by atoms with E-state index in [0.717, 1.165) is 17.2 Å². The van der Waals surface area contributed by atoms with E-state index in [4.69, 9.17) is 5.11 Å².